The first-order valence-corrected chi connectivity index (χ1v) is 10.7. The Morgan fingerprint density at radius 3 is 2.92 bits per heavy atom. The molecule has 1 aromatic carbocycles. The standard InChI is InChI=1S/C16H19BrN2O3S2/c1-19-13-6-9-23-16(13)15(18-7-3-8-22-2)12-5-4-11(17)10-14(12)24(19,20)21/h4-6,9-10,15,18H,3,7-8H2,1-2H3. The molecule has 2 heterocycles. The van der Waals surface area contributed by atoms with E-state index in [1.807, 2.05) is 23.6 Å². The molecule has 1 aromatic heterocycles. The molecule has 0 amide bonds. The number of methoxy groups -OCH3 is 1. The second-order valence-corrected chi connectivity index (χ2v) is 9.36. The summed E-state index contributed by atoms with van der Waals surface area (Å²) in [6.07, 6.45) is 0.863. The number of benzene rings is 1. The zero-order chi connectivity index (χ0) is 17.3. The summed E-state index contributed by atoms with van der Waals surface area (Å²) in [5.41, 5.74) is 1.51. The molecule has 0 radical (unpaired) electrons. The van der Waals surface area contributed by atoms with Crippen LogP contribution in [0.15, 0.2) is 39.0 Å². The molecule has 1 atom stereocenters. The first-order chi connectivity index (χ1) is 11.5. The van der Waals surface area contributed by atoms with Gasteiger partial charge in [-0.25, -0.2) is 8.42 Å². The molecule has 1 unspecified atom stereocenters. The van der Waals surface area contributed by atoms with Crippen LogP contribution in [0.4, 0.5) is 5.69 Å². The van der Waals surface area contributed by atoms with Crippen molar-refractivity contribution in [3.05, 3.63) is 44.6 Å². The minimum Gasteiger partial charge on any atom is -0.385 e. The number of rotatable bonds is 5. The number of thiophene rings is 1. The highest BCUT2D eigenvalue weighted by molar-refractivity contribution is 9.10. The van der Waals surface area contributed by atoms with Gasteiger partial charge in [0.2, 0.25) is 0 Å². The summed E-state index contributed by atoms with van der Waals surface area (Å²) in [5, 5.41) is 5.43. The van der Waals surface area contributed by atoms with Crippen LogP contribution < -0.4 is 9.62 Å². The molecule has 24 heavy (non-hydrogen) atoms. The van der Waals surface area contributed by atoms with Gasteiger partial charge in [-0.05, 0) is 42.1 Å². The predicted octanol–water partition coefficient (Wildman–Crippen LogP) is 3.36. The molecule has 0 aliphatic carbocycles. The predicted molar refractivity (Wildman–Crippen MR) is 100 cm³/mol. The van der Waals surface area contributed by atoms with Crippen LogP contribution in [0.3, 0.4) is 0 Å². The fourth-order valence-corrected chi connectivity index (χ4v) is 5.90. The number of anilines is 1. The van der Waals surface area contributed by atoms with Crippen molar-refractivity contribution in [2.24, 2.45) is 0 Å². The summed E-state index contributed by atoms with van der Waals surface area (Å²) in [5.74, 6) is 0. The van der Waals surface area contributed by atoms with Crippen molar-refractivity contribution in [2.75, 3.05) is 31.6 Å². The van der Waals surface area contributed by atoms with Gasteiger partial charge in [0.25, 0.3) is 10.0 Å². The molecule has 3 rings (SSSR count). The molecule has 0 spiro atoms. The Kier molecular flexibility index (Phi) is 5.31. The van der Waals surface area contributed by atoms with Gasteiger partial charge in [0.15, 0.2) is 0 Å². The SMILES string of the molecule is COCCCNC1c2ccc(Br)cc2S(=O)(=O)N(C)c2ccsc21. The van der Waals surface area contributed by atoms with Gasteiger partial charge in [-0.1, -0.05) is 22.0 Å². The van der Waals surface area contributed by atoms with Gasteiger partial charge in [-0.15, -0.1) is 11.3 Å². The average molecular weight is 431 g/mol. The van der Waals surface area contributed by atoms with E-state index < -0.39 is 10.0 Å². The van der Waals surface area contributed by atoms with Crippen LogP contribution >= 0.6 is 27.3 Å². The molecule has 5 nitrogen and oxygen atoms in total. The maximum Gasteiger partial charge on any atom is 0.264 e. The van der Waals surface area contributed by atoms with Crippen LogP contribution in [0.1, 0.15) is 22.9 Å². The number of ether oxygens (including phenoxy) is 1. The molecule has 0 bridgehead atoms. The molecule has 1 N–H and O–H groups in total. The quantitative estimate of drug-likeness (QED) is 0.738. The third kappa shape index (κ3) is 3.13. The van der Waals surface area contributed by atoms with E-state index in [0.29, 0.717) is 11.5 Å². The second kappa shape index (κ2) is 7.13. The van der Waals surface area contributed by atoms with Gasteiger partial charge in [0, 0.05) is 25.2 Å². The van der Waals surface area contributed by atoms with Crippen molar-refractivity contribution in [1.29, 1.82) is 0 Å². The Morgan fingerprint density at radius 2 is 2.17 bits per heavy atom. The van der Waals surface area contributed by atoms with Crippen LogP contribution in [0.2, 0.25) is 0 Å². The Labute approximate surface area is 154 Å². The Balaban J connectivity index is 2.11. The van der Waals surface area contributed by atoms with Gasteiger partial charge in [0.1, 0.15) is 0 Å². The Bertz CT molecular complexity index is 836. The summed E-state index contributed by atoms with van der Waals surface area (Å²) in [6.45, 7) is 1.41. The fourth-order valence-electron chi connectivity index (χ4n) is 2.84. The van der Waals surface area contributed by atoms with E-state index in [9.17, 15) is 8.42 Å². The number of hydrogen-bond acceptors (Lipinski definition) is 5. The zero-order valence-electron chi connectivity index (χ0n) is 13.5. The van der Waals surface area contributed by atoms with Crippen molar-refractivity contribution < 1.29 is 13.2 Å². The molecule has 130 valence electrons. The van der Waals surface area contributed by atoms with Gasteiger partial charge in [-0.2, -0.15) is 0 Å². The van der Waals surface area contributed by atoms with Crippen LogP contribution in [-0.2, 0) is 14.8 Å². The van der Waals surface area contributed by atoms with Crippen molar-refractivity contribution >= 4 is 43.0 Å². The van der Waals surface area contributed by atoms with E-state index in [-0.39, 0.29) is 6.04 Å². The molecule has 1 aliphatic heterocycles. The normalized spacial score (nSPS) is 18.8. The summed E-state index contributed by atoms with van der Waals surface area (Å²) in [6, 6.07) is 7.16. The zero-order valence-corrected chi connectivity index (χ0v) is 16.7. The van der Waals surface area contributed by atoms with Crippen molar-refractivity contribution in [3.63, 3.8) is 0 Å². The van der Waals surface area contributed by atoms with Crippen LogP contribution in [0.5, 0.6) is 0 Å². The third-order valence-electron chi connectivity index (χ3n) is 4.07. The van der Waals surface area contributed by atoms with Crippen LogP contribution in [-0.4, -0.2) is 35.7 Å². The lowest BCUT2D eigenvalue weighted by atomic mass is 10.0. The van der Waals surface area contributed by atoms with E-state index in [2.05, 4.69) is 21.2 Å². The minimum absolute atomic E-state index is 0.153. The van der Waals surface area contributed by atoms with Crippen molar-refractivity contribution in [2.45, 2.75) is 17.4 Å². The van der Waals surface area contributed by atoms with Crippen molar-refractivity contribution in [1.82, 2.24) is 5.32 Å². The summed E-state index contributed by atoms with van der Waals surface area (Å²) in [7, 11) is -0.298. The molecule has 2 aromatic rings. The third-order valence-corrected chi connectivity index (χ3v) is 7.36. The fraction of sp³-hybridized carbons (Fsp3) is 0.375. The lowest BCUT2D eigenvalue weighted by Gasteiger charge is -2.19. The number of sulfonamides is 1. The van der Waals surface area contributed by atoms with E-state index in [1.165, 1.54) is 4.31 Å². The average Bonchev–Trinajstić information content (AvgIpc) is 3.01. The maximum absolute atomic E-state index is 13.0. The number of halogens is 1. The maximum atomic E-state index is 13.0. The molecule has 0 saturated heterocycles. The van der Waals surface area contributed by atoms with Crippen LogP contribution in [0.25, 0.3) is 0 Å². The highest BCUT2D eigenvalue weighted by Crippen LogP contribution is 2.43. The number of nitrogens with zero attached hydrogens (tertiary/aromatic N) is 1. The number of nitrogens with one attached hydrogen (secondary N) is 1. The highest BCUT2D eigenvalue weighted by atomic mass is 79.9. The Hall–Kier alpha value is -0.930. The largest absolute Gasteiger partial charge is 0.385 e. The monoisotopic (exact) mass is 430 g/mol. The summed E-state index contributed by atoms with van der Waals surface area (Å²) in [4.78, 5) is 1.35. The van der Waals surface area contributed by atoms with Gasteiger partial charge >= 0.3 is 0 Å². The number of fused-ring (bicyclic) bond motifs is 2. The number of hydrogen-bond donors (Lipinski definition) is 1. The molecule has 0 fully saturated rings. The molecule has 0 saturated carbocycles. The highest BCUT2D eigenvalue weighted by Gasteiger charge is 2.35. The first-order valence-electron chi connectivity index (χ1n) is 7.55. The van der Waals surface area contributed by atoms with Crippen LogP contribution in [0, 0.1) is 0 Å². The smallest absolute Gasteiger partial charge is 0.264 e. The molecule has 1 aliphatic rings. The molecular weight excluding hydrogens is 412 g/mol. The summed E-state index contributed by atoms with van der Waals surface area (Å²) >= 11 is 4.96. The topological polar surface area (TPSA) is 58.6 Å². The van der Waals surface area contributed by atoms with Gasteiger partial charge in [-0.3, -0.25) is 4.31 Å². The first kappa shape index (κ1) is 17.9. The minimum atomic E-state index is -3.59. The Morgan fingerprint density at radius 1 is 1.38 bits per heavy atom. The van der Waals surface area contributed by atoms with E-state index in [4.69, 9.17) is 4.74 Å². The second-order valence-electron chi connectivity index (χ2n) is 5.56. The van der Waals surface area contributed by atoms with Gasteiger partial charge in [0.05, 0.1) is 21.5 Å². The van der Waals surface area contributed by atoms with Gasteiger partial charge < -0.3 is 10.1 Å². The summed E-state index contributed by atoms with van der Waals surface area (Å²) < 4.78 is 33.3. The lowest BCUT2D eigenvalue weighted by Crippen LogP contribution is -2.26. The van der Waals surface area contributed by atoms with E-state index in [1.54, 1.807) is 31.6 Å². The molecule has 8 heteroatoms. The molecular formula is C16H19BrN2O3S2. The van der Waals surface area contributed by atoms with E-state index in [0.717, 1.165) is 33.6 Å². The lowest BCUT2D eigenvalue weighted by molar-refractivity contribution is 0.193. The van der Waals surface area contributed by atoms with E-state index >= 15 is 0 Å². The van der Waals surface area contributed by atoms with Crippen molar-refractivity contribution in [3.8, 4) is 0 Å².